The molecule has 0 radical (unpaired) electrons. The van der Waals surface area contributed by atoms with E-state index in [4.69, 9.17) is 0 Å². The fourth-order valence-corrected chi connectivity index (χ4v) is 3.54. The van der Waals surface area contributed by atoms with Crippen molar-refractivity contribution in [3.63, 3.8) is 0 Å². The summed E-state index contributed by atoms with van der Waals surface area (Å²) in [7, 11) is 0. The Labute approximate surface area is 113 Å². The molecule has 2 aliphatic rings. The Kier molecular flexibility index (Phi) is 5.35. The van der Waals surface area contributed by atoms with Gasteiger partial charge in [-0.25, -0.2) is 0 Å². The molecule has 1 atom stereocenters. The van der Waals surface area contributed by atoms with Gasteiger partial charge in [-0.15, -0.1) is 0 Å². The van der Waals surface area contributed by atoms with Crippen LogP contribution in [0.1, 0.15) is 38.5 Å². The zero-order chi connectivity index (χ0) is 12.8. The van der Waals surface area contributed by atoms with Crippen LogP contribution in [0.15, 0.2) is 0 Å². The molecule has 2 N–H and O–H groups in total. The van der Waals surface area contributed by atoms with E-state index in [1.54, 1.807) is 11.8 Å². The van der Waals surface area contributed by atoms with Crippen LogP contribution in [-0.2, 0) is 9.59 Å². The van der Waals surface area contributed by atoms with Crippen LogP contribution >= 0.6 is 11.8 Å². The molecule has 0 aromatic rings. The highest BCUT2D eigenvalue weighted by Gasteiger charge is 2.24. The monoisotopic (exact) mass is 270 g/mol. The van der Waals surface area contributed by atoms with Crippen molar-refractivity contribution in [1.82, 2.24) is 10.6 Å². The zero-order valence-corrected chi connectivity index (χ0v) is 11.6. The summed E-state index contributed by atoms with van der Waals surface area (Å²) in [5.41, 5.74) is 0. The van der Waals surface area contributed by atoms with Crippen molar-refractivity contribution >= 4 is 23.6 Å². The molecule has 0 bridgehead atoms. The van der Waals surface area contributed by atoms with Gasteiger partial charge >= 0.3 is 0 Å². The van der Waals surface area contributed by atoms with E-state index in [9.17, 15) is 9.59 Å². The lowest BCUT2D eigenvalue weighted by molar-refractivity contribution is -0.128. The molecule has 5 heteroatoms. The summed E-state index contributed by atoms with van der Waals surface area (Å²) in [5, 5.41) is 5.80. The van der Waals surface area contributed by atoms with Crippen LogP contribution in [0.25, 0.3) is 0 Å². The Bertz CT molecular complexity index is 303. The lowest BCUT2D eigenvalue weighted by atomic mass is 9.89. The maximum atomic E-state index is 12.0. The lowest BCUT2D eigenvalue weighted by Gasteiger charge is -2.23. The van der Waals surface area contributed by atoms with Gasteiger partial charge in [0.25, 0.3) is 0 Å². The molecule has 18 heavy (non-hydrogen) atoms. The van der Waals surface area contributed by atoms with Gasteiger partial charge < -0.3 is 10.6 Å². The summed E-state index contributed by atoms with van der Waals surface area (Å²) in [6.07, 6.45) is 6.89. The molecule has 1 saturated carbocycles. The van der Waals surface area contributed by atoms with Crippen LogP contribution in [0, 0.1) is 5.92 Å². The minimum Gasteiger partial charge on any atom is -0.354 e. The maximum Gasteiger partial charge on any atom is 0.243 e. The molecule has 1 heterocycles. The Morgan fingerprint density at radius 1 is 1.33 bits per heavy atom. The van der Waals surface area contributed by atoms with Crippen molar-refractivity contribution in [2.75, 3.05) is 18.1 Å². The number of hydrogen-bond donors (Lipinski definition) is 2. The fraction of sp³-hybridized carbons (Fsp3) is 0.846. The Morgan fingerprint density at radius 3 is 2.89 bits per heavy atom. The van der Waals surface area contributed by atoms with E-state index in [1.807, 2.05) is 0 Å². The molecule has 0 spiro atoms. The average molecular weight is 270 g/mol. The molecule has 4 nitrogen and oxygen atoms in total. The average Bonchev–Trinajstić information content (AvgIpc) is 2.62. The van der Waals surface area contributed by atoms with Crippen molar-refractivity contribution < 1.29 is 9.59 Å². The van der Waals surface area contributed by atoms with E-state index in [0.29, 0.717) is 18.1 Å². The first-order valence-electron chi connectivity index (χ1n) is 6.90. The van der Waals surface area contributed by atoms with Crippen molar-refractivity contribution in [2.45, 2.75) is 44.6 Å². The lowest BCUT2D eigenvalue weighted by Crippen LogP contribution is -2.48. The second-order valence-corrected chi connectivity index (χ2v) is 6.34. The summed E-state index contributed by atoms with van der Waals surface area (Å²) >= 11 is 1.67. The number of carbonyl (C=O) groups is 2. The van der Waals surface area contributed by atoms with Crippen LogP contribution in [0.5, 0.6) is 0 Å². The van der Waals surface area contributed by atoms with Crippen LogP contribution in [0.4, 0.5) is 0 Å². The molecular formula is C13H22N2O2S. The summed E-state index contributed by atoms with van der Waals surface area (Å²) in [6.45, 7) is 0.774. The van der Waals surface area contributed by atoms with Crippen molar-refractivity contribution in [1.29, 1.82) is 0 Å². The van der Waals surface area contributed by atoms with Gasteiger partial charge in [-0.2, -0.15) is 11.8 Å². The fourth-order valence-electron chi connectivity index (χ4n) is 2.57. The molecular weight excluding hydrogens is 248 g/mol. The first-order chi connectivity index (χ1) is 8.75. The minimum absolute atomic E-state index is 0.00202. The van der Waals surface area contributed by atoms with Gasteiger partial charge in [0.2, 0.25) is 11.8 Å². The quantitative estimate of drug-likeness (QED) is 0.813. The Morgan fingerprint density at radius 2 is 2.11 bits per heavy atom. The molecule has 0 aromatic carbocycles. The van der Waals surface area contributed by atoms with Gasteiger partial charge in [0, 0.05) is 24.5 Å². The number of rotatable bonds is 3. The molecule has 1 saturated heterocycles. The first kappa shape index (κ1) is 13.7. The molecule has 2 rings (SSSR count). The summed E-state index contributed by atoms with van der Waals surface area (Å²) < 4.78 is 0. The largest absolute Gasteiger partial charge is 0.354 e. The molecule has 1 aliphatic carbocycles. The van der Waals surface area contributed by atoms with Crippen LogP contribution in [0.3, 0.4) is 0 Å². The van der Waals surface area contributed by atoms with Crippen LogP contribution in [-0.4, -0.2) is 35.9 Å². The van der Waals surface area contributed by atoms with E-state index >= 15 is 0 Å². The van der Waals surface area contributed by atoms with E-state index in [-0.39, 0.29) is 17.9 Å². The van der Waals surface area contributed by atoms with Gasteiger partial charge in [0.15, 0.2) is 0 Å². The molecule has 1 aliphatic heterocycles. The first-order valence-corrected chi connectivity index (χ1v) is 8.06. The van der Waals surface area contributed by atoms with Crippen LogP contribution < -0.4 is 10.6 Å². The standard InChI is InChI=1S/C13H22N2O2S/c16-12-6-7-18-9-11(15-12)13(17)14-8-10-4-2-1-3-5-10/h10-11H,1-9H2,(H,14,17)(H,15,16)/t11-/m1/s1. The molecule has 2 amide bonds. The summed E-state index contributed by atoms with van der Waals surface area (Å²) in [5.74, 6) is 2.14. The van der Waals surface area contributed by atoms with Gasteiger partial charge in [-0.05, 0) is 18.8 Å². The Balaban J connectivity index is 1.74. The number of thioether (sulfide) groups is 1. The van der Waals surface area contributed by atoms with Gasteiger partial charge in [0.1, 0.15) is 6.04 Å². The second kappa shape index (κ2) is 7.02. The summed E-state index contributed by atoms with van der Waals surface area (Å²) in [4.78, 5) is 23.4. The molecule has 102 valence electrons. The smallest absolute Gasteiger partial charge is 0.243 e. The van der Waals surface area contributed by atoms with Crippen molar-refractivity contribution in [3.05, 3.63) is 0 Å². The molecule has 2 fully saturated rings. The van der Waals surface area contributed by atoms with Crippen LogP contribution in [0.2, 0.25) is 0 Å². The van der Waals surface area contributed by atoms with Crippen molar-refractivity contribution in [3.8, 4) is 0 Å². The Hall–Kier alpha value is -0.710. The minimum atomic E-state index is -0.339. The van der Waals surface area contributed by atoms with Gasteiger partial charge in [0.05, 0.1) is 0 Å². The highest BCUT2D eigenvalue weighted by atomic mass is 32.2. The maximum absolute atomic E-state index is 12.0. The van der Waals surface area contributed by atoms with E-state index in [2.05, 4.69) is 10.6 Å². The SMILES string of the molecule is O=C1CCSC[C@H](C(=O)NCC2CCCCC2)N1. The van der Waals surface area contributed by atoms with Gasteiger partial charge in [-0.1, -0.05) is 19.3 Å². The third kappa shape index (κ3) is 4.19. The number of amides is 2. The molecule has 0 aromatic heterocycles. The van der Waals surface area contributed by atoms with E-state index < -0.39 is 0 Å². The predicted octanol–water partition coefficient (Wildman–Crippen LogP) is 1.30. The van der Waals surface area contributed by atoms with Crippen molar-refractivity contribution in [2.24, 2.45) is 5.92 Å². The summed E-state index contributed by atoms with van der Waals surface area (Å²) in [6, 6.07) is -0.339. The van der Waals surface area contributed by atoms with E-state index in [1.165, 1.54) is 32.1 Å². The molecule has 0 unspecified atom stereocenters. The van der Waals surface area contributed by atoms with E-state index in [0.717, 1.165) is 12.3 Å². The highest BCUT2D eigenvalue weighted by Crippen LogP contribution is 2.22. The zero-order valence-electron chi connectivity index (χ0n) is 10.7. The number of hydrogen-bond acceptors (Lipinski definition) is 3. The topological polar surface area (TPSA) is 58.2 Å². The highest BCUT2D eigenvalue weighted by molar-refractivity contribution is 7.99. The second-order valence-electron chi connectivity index (χ2n) is 5.19. The third-order valence-electron chi connectivity index (χ3n) is 3.70. The normalized spacial score (nSPS) is 26.2. The predicted molar refractivity (Wildman–Crippen MR) is 73.5 cm³/mol. The number of carbonyl (C=O) groups excluding carboxylic acids is 2. The third-order valence-corrected chi connectivity index (χ3v) is 4.76. The van der Waals surface area contributed by atoms with Gasteiger partial charge in [-0.3, -0.25) is 9.59 Å². The number of nitrogens with one attached hydrogen (secondary N) is 2.